The predicted molar refractivity (Wildman–Crippen MR) is 134 cm³/mol. The summed E-state index contributed by atoms with van der Waals surface area (Å²) in [5, 5.41) is 2.95. The molecule has 0 aliphatic heterocycles. The van der Waals surface area contributed by atoms with Gasteiger partial charge in [0.1, 0.15) is 17.6 Å². The molecule has 178 valence electrons. The zero-order valence-corrected chi connectivity index (χ0v) is 20.8. The van der Waals surface area contributed by atoms with Gasteiger partial charge >= 0.3 is 0 Å². The van der Waals surface area contributed by atoms with Crippen LogP contribution in [0.3, 0.4) is 0 Å². The number of carbonyl (C=O) groups excluding carboxylic acids is 2. The van der Waals surface area contributed by atoms with Crippen LogP contribution in [0.1, 0.15) is 25.0 Å². The average molecular weight is 527 g/mol. The van der Waals surface area contributed by atoms with E-state index in [-0.39, 0.29) is 36.8 Å². The normalized spacial score (nSPS) is 11.7. The van der Waals surface area contributed by atoms with E-state index in [0.29, 0.717) is 12.2 Å². The molecular weight excluding hydrogens is 499 g/mol. The van der Waals surface area contributed by atoms with Crippen LogP contribution in [0.25, 0.3) is 0 Å². The van der Waals surface area contributed by atoms with E-state index in [2.05, 4.69) is 21.2 Å². The van der Waals surface area contributed by atoms with Gasteiger partial charge in [0.05, 0.1) is 0 Å². The number of nitrogens with zero attached hydrogens (tertiary/aromatic N) is 1. The largest absolute Gasteiger partial charge is 0.484 e. The Kier molecular flexibility index (Phi) is 9.22. The quantitative estimate of drug-likeness (QED) is 0.398. The second kappa shape index (κ2) is 12.3. The van der Waals surface area contributed by atoms with Crippen molar-refractivity contribution in [2.75, 3.05) is 6.61 Å². The van der Waals surface area contributed by atoms with Gasteiger partial charge in [-0.1, -0.05) is 58.4 Å². The third kappa shape index (κ3) is 7.70. The number of amides is 2. The SMILES string of the molecule is CC(C)NC(=O)[C@@H](Cc1ccccc1)N(Cc1ccc(Br)cc1)C(=O)COc1ccc(F)cc1. The lowest BCUT2D eigenvalue weighted by Crippen LogP contribution is -2.52. The van der Waals surface area contributed by atoms with Gasteiger partial charge in [0, 0.05) is 23.5 Å². The summed E-state index contributed by atoms with van der Waals surface area (Å²) >= 11 is 3.43. The van der Waals surface area contributed by atoms with Gasteiger partial charge in [0.15, 0.2) is 6.61 Å². The number of halogens is 2. The van der Waals surface area contributed by atoms with Crippen molar-refractivity contribution in [1.29, 1.82) is 0 Å². The molecule has 0 aromatic heterocycles. The lowest BCUT2D eigenvalue weighted by molar-refractivity contribution is -0.143. The highest BCUT2D eigenvalue weighted by atomic mass is 79.9. The zero-order valence-electron chi connectivity index (χ0n) is 19.2. The Bertz CT molecular complexity index is 1070. The first kappa shape index (κ1) is 25.4. The van der Waals surface area contributed by atoms with E-state index in [9.17, 15) is 14.0 Å². The summed E-state index contributed by atoms with van der Waals surface area (Å²) in [5.74, 6) is -0.577. The maximum atomic E-state index is 13.4. The number of hydrogen-bond acceptors (Lipinski definition) is 3. The van der Waals surface area contributed by atoms with Gasteiger partial charge in [-0.15, -0.1) is 0 Å². The number of rotatable bonds is 10. The van der Waals surface area contributed by atoms with Gasteiger partial charge in [-0.25, -0.2) is 4.39 Å². The standard InChI is InChI=1S/C27H28BrFN2O3/c1-19(2)30-27(33)25(16-20-6-4-3-5-7-20)31(17-21-8-10-22(28)11-9-21)26(32)18-34-24-14-12-23(29)13-15-24/h3-15,19,25H,16-18H2,1-2H3,(H,30,33)/t25-/m1/s1. The van der Waals surface area contributed by atoms with Gasteiger partial charge in [0.25, 0.3) is 5.91 Å². The summed E-state index contributed by atoms with van der Waals surface area (Å²) in [6, 6.07) is 21.9. The van der Waals surface area contributed by atoms with Gasteiger partial charge in [-0.3, -0.25) is 9.59 Å². The molecule has 0 saturated carbocycles. The van der Waals surface area contributed by atoms with E-state index in [4.69, 9.17) is 4.74 Å². The Morgan fingerprint density at radius 1 is 0.941 bits per heavy atom. The Morgan fingerprint density at radius 3 is 2.21 bits per heavy atom. The maximum Gasteiger partial charge on any atom is 0.261 e. The van der Waals surface area contributed by atoms with Crippen LogP contribution in [0.5, 0.6) is 5.75 Å². The number of nitrogens with one attached hydrogen (secondary N) is 1. The van der Waals surface area contributed by atoms with Crippen LogP contribution in [0.4, 0.5) is 4.39 Å². The molecule has 3 aromatic carbocycles. The smallest absolute Gasteiger partial charge is 0.261 e. The number of benzene rings is 3. The summed E-state index contributed by atoms with van der Waals surface area (Å²) in [4.78, 5) is 28.2. The number of hydrogen-bond donors (Lipinski definition) is 1. The minimum atomic E-state index is -0.738. The van der Waals surface area contributed by atoms with Gasteiger partial charge in [-0.2, -0.15) is 0 Å². The van der Waals surface area contributed by atoms with Crippen molar-refractivity contribution in [2.45, 2.75) is 38.9 Å². The summed E-state index contributed by atoms with van der Waals surface area (Å²) in [6.07, 6.45) is 0.359. The minimum absolute atomic E-state index is 0.0779. The van der Waals surface area contributed by atoms with Crippen LogP contribution in [0, 0.1) is 5.82 Å². The first-order chi connectivity index (χ1) is 16.3. The fourth-order valence-electron chi connectivity index (χ4n) is 3.48. The highest BCUT2D eigenvalue weighted by molar-refractivity contribution is 9.10. The van der Waals surface area contributed by atoms with Crippen molar-refractivity contribution in [1.82, 2.24) is 10.2 Å². The van der Waals surface area contributed by atoms with E-state index in [1.807, 2.05) is 68.4 Å². The molecule has 2 amide bonds. The van der Waals surface area contributed by atoms with E-state index < -0.39 is 6.04 Å². The molecule has 1 atom stereocenters. The second-order valence-corrected chi connectivity index (χ2v) is 9.18. The molecule has 34 heavy (non-hydrogen) atoms. The summed E-state index contributed by atoms with van der Waals surface area (Å²) < 4.78 is 19.8. The number of ether oxygens (including phenoxy) is 1. The molecule has 0 radical (unpaired) electrons. The van der Waals surface area contributed by atoms with Crippen molar-refractivity contribution >= 4 is 27.7 Å². The van der Waals surface area contributed by atoms with Crippen LogP contribution in [0.2, 0.25) is 0 Å². The predicted octanol–water partition coefficient (Wildman–Crippen LogP) is 5.13. The molecule has 3 rings (SSSR count). The average Bonchev–Trinajstić information content (AvgIpc) is 2.82. The Hall–Kier alpha value is -3.19. The molecular formula is C27H28BrFN2O3. The van der Waals surface area contributed by atoms with E-state index in [0.717, 1.165) is 15.6 Å². The summed E-state index contributed by atoms with van der Waals surface area (Å²) in [5.41, 5.74) is 1.83. The molecule has 1 N–H and O–H groups in total. The van der Waals surface area contributed by atoms with Crippen LogP contribution in [0.15, 0.2) is 83.3 Å². The third-order valence-electron chi connectivity index (χ3n) is 5.14. The van der Waals surface area contributed by atoms with Crippen molar-refractivity contribution in [2.24, 2.45) is 0 Å². The Labute approximate surface area is 208 Å². The molecule has 0 fully saturated rings. The highest BCUT2D eigenvalue weighted by Crippen LogP contribution is 2.18. The van der Waals surface area contributed by atoms with Crippen molar-refractivity contribution in [3.05, 3.63) is 100 Å². The number of carbonyl (C=O) groups is 2. The first-order valence-electron chi connectivity index (χ1n) is 11.1. The third-order valence-corrected chi connectivity index (χ3v) is 5.67. The van der Waals surface area contributed by atoms with E-state index >= 15 is 0 Å². The van der Waals surface area contributed by atoms with E-state index in [1.54, 1.807) is 4.90 Å². The van der Waals surface area contributed by atoms with Gasteiger partial charge < -0.3 is 15.0 Å². The van der Waals surface area contributed by atoms with Crippen LogP contribution in [-0.2, 0) is 22.6 Å². The molecule has 0 unspecified atom stereocenters. The fourth-order valence-corrected chi connectivity index (χ4v) is 3.74. The lowest BCUT2D eigenvalue weighted by atomic mass is 10.0. The second-order valence-electron chi connectivity index (χ2n) is 8.26. The van der Waals surface area contributed by atoms with Crippen LogP contribution in [-0.4, -0.2) is 35.4 Å². The summed E-state index contributed by atoms with van der Waals surface area (Å²) in [6.45, 7) is 3.73. The zero-order chi connectivity index (χ0) is 24.5. The fraction of sp³-hybridized carbons (Fsp3) is 0.259. The van der Waals surface area contributed by atoms with Crippen molar-refractivity contribution < 1.29 is 18.7 Å². The molecule has 0 heterocycles. The monoisotopic (exact) mass is 526 g/mol. The maximum absolute atomic E-state index is 13.4. The molecule has 5 nitrogen and oxygen atoms in total. The van der Waals surface area contributed by atoms with E-state index in [1.165, 1.54) is 24.3 Å². The molecule has 0 aliphatic carbocycles. The topological polar surface area (TPSA) is 58.6 Å². The molecule has 0 bridgehead atoms. The molecule has 0 spiro atoms. The minimum Gasteiger partial charge on any atom is -0.484 e. The van der Waals surface area contributed by atoms with Gasteiger partial charge in [0.2, 0.25) is 5.91 Å². The molecule has 3 aromatic rings. The van der Waals surface area contributed by atoms with Crippen molar-refractivity contribution in [3.63, 3.8) is 0 Å². The Morgan fingerprint density at radius 2 is 1.59 bits per heavy atom. The molecule has 0 aliphatic rings. The molecule has 7 heteroatoms. The lowest BCUT2D eigenvalue weighted by Gasteiger charge is -2.32. The first-order valence-corrected chi connectivity index (χ1v) is 11.9. The van der Waals surface area contributed by atoms with Crippen LogP contribution >= 0.6 is 15.9 Å². The highest BCUT2D eigenvalue weighted by Gasteiger charge is 2.31. The Balaban J connectivity index is 1.89. The van der Waals surface area contributed by atoms with Crippen molar-refractivity contribution in [3.8, 4) is 5.75 Å². The van der Waals surface area contributed by atoms with Gasteiger partial charge in [-0.05, 0) is 61.4 Å². The molecule has 0 saturated heterocycles. The summed E-state index contributed by atoms with van der Waals surface area (Å²) in [7, 11) is 0. The van der Waals surface area contributed by atoms with Crippen LogP contribution < -0.4 is 10.1 Å².